The van der Waals surface area contributed by atoms with Crippen LogP contribution in [0.25, 0.3) is 0 Å². The summed E-state index contributed by atoms with van der Waals surface area (Å²) in [6.07, 6.45) is -7.89. The van der Waals surface area contributed by atoms with Gasteiger partial charge in [0, 0.05) is 13.3 Å². The Hall–Kier alpha value is -0.970. The molecule has 0 radical (unpaired) electrons. The van der Waals surface area contributed by atoms with Crippen molar-refractivity contribution in [3.05, 3.63) is 18.2 Å². The minimum absolute atomic E-state index is 0. The molecule has 0 saturated heterocycles. The molecule has 0 aliphatic carbocycles. The van der Waals surface area contributed by atoms with E-state index < -0.39 is 55.2 Å². The number of rotatable bonds is 8. The SMILES string of the molecule is Cc1n(CCCC(F)(F)C(F)(F)C(F)(F)C(F)(F)C(F)(F)C(F)(F)F)cc[n+]1C.[I-]. The van der Waals surface area contributed by atoms with Crippen LogP contribution in [0.5, 0.6) is 0 Å². The predicted molar refractivity (Wildman–Crippen MR) is 70.4 cm³/mol. The molecule has 0 spiro atoms. The van der Waals surface area contributed by atoms with Gasteiger partial charge in [-0.3, -0.25) is 0 Å². The maximum absolute atomic E-state index is 13.6. The molecule has 1 aromatic rings. The van der Waals surface area contributed by atoms with Gasteiger partial charge in [-0.05, 0) is 6.42 Å². The van der Waals surface area contributed by atoms with E-state index in [2.05, 4.69) is 0 Å². The number of nitrogens with zero attached hydrogens (tertiary/aromatic N) is 2. The van der Waals surface area contributed by atoms with Crippen LogP contribution >= 0.6 is 0 Å². The van der Waals surface area contributed by atoms with Crippen molar-refractivity contribution >= 4 is 0 Å². The average molecular weight is 584 g/mol. The number of imidazole rings is 1. The van der Waals surface area contributed by atoms with Crippen LogP contribution in [0.4, 0.5) is 57.1 Å². The van der Waals surface area contributed by atoms with E-state index in [1.807, 2.05) is 0 Å². The van der Waals surface area contributed by atoms with Gasteiger partial charge in [-0.15, -0.1) is 0 Å². The minimum atomic E-state index is -7.85. The van der Waals surface area contributed by atoms with Crippen molar-refractivity contribution in [1.29, 1.82) is 0 Å². The molecule has 0 N–H and O–H groups in total. The Balaban J connectivity index is 0.00000841. The molecule has 0 aliphatic heterocycles. The summed E-state index contributed by atoms with van der Waals surface area (Å²) in [4.78, 5) is 0. The van der Waals surface area contributed by atoms with Gasteiger partial charge in [0.05, 0.1) is 13.6 Å². The van der Waals surface area contributed by atoms with Gasteiger partial charge in [0.1, 0.15) is 12.4 Å². The highest BCUT2D eigenvalue weighted by atomic mass is 127. The largest absolute Gasteiger partial charge is 1.00 e. The normalized spacial score (nSPS) is 14.6. The lowest BCUT2D eigenvalue weighted by atomic mass is 9.92. The minimum Gasteiger partial charge on any atom is -1.00 e. The van der Waals surface area contributed by atoms with Gasteiger partial charge in [0.15, 0.2) is 0 Å². The zero-order chi connectivity index (χ0) is 23.3. The van der Waals surface area contributed by atoms with Crippen LogP contribution in [-0.2, 0) is 13.6 Å². The van der Waals surface area contributed by atoms with Gasteiger partial charge < -0.3 is 24.0 Å². The van der Waals surface area contributed by atoms with Gasteiger partial charge in [-0.2, -0.15) is 57.1 Å². The van der Waals surface area contributed by atoms with E-state index in [1.54, 1.807) is 0 Å². The fourth-order valence-corrected chi connectivity index (χ4v) is 2.27. The zero-order valence-electron chi connectivity index (χ0n) is 15.0. The Kier molecular flexibility index (Phi) is 8.24. The molecular weight excluding hydrogens is 570 g/mol. The van der Waals surface area contributed by atoms with E-state index in [1.165, 1.54) is 35.5 Å². The van der Waals surface area contributed by atoms with Gasteiger partial charge >= 0.3 is 35.8 Å². The van der Waals surface area contributed by atoms with Crippen molar-refractivity contribution in [2.45, 2.75) is 62.1 Å². The van der Waals surface area contributed by atoms with Crippen molar-refractivity contribution in [3.63, 3.8) is 0 Å². The van der Waals surface area contributed by atoms with E-state index in [0.29, 0.717) is 5.82 Å². The van der Waals surface area contributed by atoms with Crippen LogP contribution < -0.4 is 28.5 Å². The van der Waals surface area contributed by atoms with Crippen LogP contribution in [0.15, 0.2) is 12.4 Å². The predicted octanol–water partition coefficient (Wildman–Crippen LogP) is 2.14. The quantitative estimate of drug-likeness (QED) is 0.252. The van der Waals surface area contributed by atoms with E-state index in [4.69, 9.17) is 0 Å². The Bertz CT molecular complexity index is 724. The standard InChI is InChI=1S/C14H14F13N2.HI/c1-8-28(2)6-7-29(8)5-3-4-9(15,16)10(17,18)11(19,20)12(21,22)13(23,24)14(25,26)27;/h6-7H,3-5H2,1-2H3;1H/q+1;/p-1. The highest BCUT2D eigenvalue weighted by molar-refractivity contribution is 5.10. The smallest absolute Gasteiger partial charge is 0.460 e. The van der Waals surface area contributed by atoms with E-state index in [-0.39, 0.29) is 24.0 Å². The first-order chi connectivity index (χ1) is 12.6. The zero-order valence-corrected chi connectivity index (χ0v) is 17.1. The van der Waals surface area contributed by atoms with E-state index >= 15 is 0 Å². The fourth-order valence-electron chi connectivity index (χ4n) is 2.27. The second kappa shape index (κ2) is 8.52. The second-order valence-corrected chi connectivity index (χ2v) is 6.25. The highest BCUT2D eigenvalue weighted by Gasteiger charge is 2.90. The lowest BCUT2D eigenvalue weighted by Crippen LogP contribution is -3.00. The molecule has 0 bridgehead atoms. The maximum atomic E-state index is 13.6. The van der Waals surface area contributed by atoms with Gasteiger partial charge in [0.2, 0.25) is 0 Å². The van der Waals surface area contributed by atoms with Crippen LogP contribution in [0.3, 0.4) is 0 Å². The molecule has 0 aliphatic rings. The van der Waals surface area contributed by atoms with Crippen LogP contribution in [0.2, 0.25) is 0 Å². The topological polar surface area (TPSA) is 8.81 Å². The molecule has 178 valence electrons. The number of aryl methyl sites for hydroxylation is 2. The molecule has 16 heteroatoms. The molecule has 0 amide bonds. The number of hydrogen-bond acceptors (Lipinski definition) is 0. The second-order valence-electron chi connectivity index (χ2n) is 6.25. The van der Waals surface area contributed by atoms with E-state index in [9.17, 15) is 57.1 Å². The summed E-state index contributed by atoms with van der Waals surface area (Å²) in [6.45, 7) is 0.986. The Morgan fingerprint density at radius 3 is 1.57 bits per heavy atom. The molecule has 0 unspecified atom stereocenters. The monoisotopic (exact) mass is 584 g/mol. The maximum Gasteiger partial charge on any atom is 0.460 e. The summed E-state index contributed by atoms with van der Waals surface area (Å²) in [5.74, 6) is -36.1. The first-order valence-electron chi connectivity index (χ1n) is 7.62. The summed E-state index contributed by atoms with van der Waals surface area (Å²) < 4.78 is 171. The number of hydrogen-bond donors (Lipinski definition) is 0. The van der Waals surface area contributed by atoms with Gasteiger partial charge in [-0.25, -0.2) is 9.13 Å². The third-order valence-corrected chi connectivity index (χ3v) is 4.28. The van der Waals surface area contributed by atoms with Crippen molar-refractivity contribution < 1.29 is 85.6 Å². The molecule has 0 saturated carbocycles. The lowest BCUT2D eigenvalue weighted by Gasteiger charge is -2.39. The fraction of sp³-hybridized carbons (Fsp3) is 0.786. The third-order valence-electron chi connectivity index (χ3n) is 4.28. The van der Waals surface area contributed by atoms with E-state index in [0.717, 1.165) is 0 Å². The first-order valence-corrected chi connectivity index (χ1v) is 7.62. The molecule has 0 atom stereocenters. The number of alkyl halides is 13. The Labute approximate surface area is 178 Å². The first kappa shape index (κ1) is 29.0. The molecule has 2 nitrogen and oxygen atoms in total. The Morgan fingerprint density at radius 1 is 0.767 bits per heavy atom. The van der Waals surface area contributed by atoms with Crippen molar-refractivity contribution in [3.8, 4) is 0 Å². The summed E-state index contributed by atoms with van der Waals surface area (Å²) in [5.41, 5.74) is 0. The third kappa shape index (κ3) is 4.47. The van der Waals surface area contributed by atoms with Gasteiger partial charge in [-0.1, -0.05) is 0 Å². The molecule has 0 aromatic carbocycles. The molecule has 0 fully saturated rings. The van der Waals surface area contributed by atoms with Crippen LogP contribution in [-0.4, -0.2) is 40.4 Å². The summed E-state index contributed by atoms with van der Waals surface area (Å²) in [5, 5.41) is 0. The number of halogens is 14. The Morgan fingerprint density at radius 2 is 1.20 bits per heavy atom. The lowest BCUT2D eigenvalue weighted by molar-refractivity contribution is -0.677. The highest BCUT2D eigenvalue weighted by Crippen LogP contribution is 2.60. The summed E-state index contributed by atoms with van der Waals surface area (Å²) >= 11 is 0. The molecule has 1 aromatic heterocycles. The molecule has 30 heavy (non-hydrogen) atoms. The van der Waals surface area contributed by atoms with Gasteiger partial charge in [0.25, 0.3) is 5.82 Å². The molecule has 1 heterocycles. The molecule has 1 rings (SSSR count). The molecular formula is C14H14F13IN2. The summed E-state index contributed by atoms with van der Waals surface area (Å²) in [6, 6.07) is 0. The van der Waals surface area contributed by atoms with Crippen molar-refractivity contribution in [2.24, 2.45) is 7.05 Å². The van der Waals surface area contributed by atoms with Crippen LogP contribution in [0, 0.1) is 6.92 Å². The summed E-state index contributed by atoms with van der Waals surface area (Å²) in [7, 11) is 1.51. The van der Waals surface area contributed by atoms with Crippen LogP contribution in [0.1, 0.15) is 18.7 Å². The average Bonchev–Trinajstić information content (AvgIpc) is 2.85. The number of aromatic nitrogens is 2. The van der Waals surface area contributed by atoms with Crippen molar-refractivity contribution in [1.82, 2.24) is 4.57 Å². The van der Waals surface area contributed by atoms with Crippen molar-refractivity contribution in [2.75, 3.05) is 0 Å².